The van der Waals surface area contributed by atoms with Crippen molar-refractivity contribution in [2.24, 2.45) is 34.5 Å². The van der Waals surface area contributed by atoms with Crippen LogP contribution in [0.2, 0.25) is 0 Å². The molecule has 13 heteroatoms. The second-order valence-corrected chi connectivity index (χ2v) is 13.1. The van der Waals surface area contributed by atoms with E-state index in [4.69, 9.17) is 14.0 Å². The Morgan fingerprint density at radius 1 is 1.06 bits per heavy atom. The molecule has 2 bridgehead atoms. The highest BCUT2D eigenvalue weighted by molar-refractivity contribution is 7.86. The lowest BCUT2D eigenvalue weighted by Crippen LogP contribution is -2.52. The Bertz CT molecular complexity index is 1060. The number of alkyl halides is 2. The van der Waals surface area contributed by atoms with Crippen LogP contribution in [0, 0.1) is 34.5 Å². The number of esters is 2. The molecule has 0 aromatic heterocycles. The Balaban J connectivity index is 1.99. The first-order valence-electron chi connectivity index (χ1n) is 11.3. The van der Waals surface area contributed by atoms with E-state index in [9.17, 15) is 36.4 Å². The van der Waals surface area contributed by atoms with Crippen molar-refractivity contribution in [2.45, 2.75) is 78.4 Å². The first-order valence-corrected chi connectivity index (χ1v) is 12.7. The van der Waals surface area contributed by atoms with Crippen LogP contribution in [0.3, 0.4) is 0 Å². The molecule has 35 heavy (non-hydrogen) atoms. The molecule has 1 aliphatic heterocycles. The number of imide groups is 1. The van der Waals surface area contributed by atoms with E-state index < -0.39 is 91.9 Å². The molecule has 3 rings (SSSR count). The van der Waals surface area contributed by atoms with E-state index in [0.29, 0.717) is 6.92 Å². The summed E-state index contributed by atoms with van der Waals surface area (Å²) in [5.74, 6) is -6.91. The van der Waals surface area contributed by atoms with Crippen LogP contribution in [-0.2, 0) is 38.8 Å². The summed E-state index contributed by atoms with van der Waals surface area (Å²) < 4.78 is 69.3. The third kappa shape index (κ3) is 4.34. The number of carbonyl (C=O) groups excluding carboxylic acids is 4. The summed E-state index contributed by atoms with van der Waals surface area (Å²) in [6.07, 6.45) is -3.41. The molecule has 2 saturated carbocycles. The quantitative estimate of drug-likeness (QED) is 0.423. The number of rotatable bonds is 5. The molecule has 3 aliphatic rings. The Kier molecular flexibility index (Phi) is 6.42. The lowest BCUT2D eigenvalue weighted by molar-refractivity contribution is -0.176. The van der Waals surface area contributed by atoms with Crippen molar-refractivity contribution >= 4 is 33.9 Å². The van der Waals surface area contributed by atoms with E-state index in [1.165, 1.54) is 0 Å². The lowest BCUT2D eigenvalue weighted by Gasteiger charge is -2.36. The summed E-state index contributed by atoms with van der Waals surface area (Å²) in [7, 11) is -5.88. The standard InChI is InChI=1S/C22H31F2NO9S/c1-9(22(23,24)35(30,31)32)33-17(27)13-11-8-10-12(13)16(26)25(18(28)20(2,3)4)14(10)15(11)34-19(29)21(5,6)7/h9-15H,8H2,1-7H3,(H,30,31,32). The summed E-state index contributed by atoms with van der Waals surface area (Å²) in [5.41, 5.74) is -1.91. The van der Waals surface area contributed by atoms with Crippen LogP contribution in [0.4, 0.5) is 8.78 Å². The average Bonchev–Trinajstić information content (AvgIpc) is 3.27. The monoisotopic (exact) mass is 523 g/mol. The molecule has 0 spiro atoms. The fourth-order valence-corrected chi connectivity index (χ4v) is 5.68. The van der Waals surface area contributed by atoms with Gasteiger partial charge < -0.3 is 9.47 Å². The second kappa shape index (κ2) is 8.19. The zero-order chi connectivity index (χ0) is 27.0. The Labute approximate surface area is 202 Å². The molecule has 7 unspecified atom stereocenters. The van der Waals surface area contributed by atoms with Gasteiger partial charge in [0.1, 0.15) is 6.10 Å². The van der Waals surface area contributed by atoms with Crippen molar-refractivity contribution in [3.63, 3.8) is 0 Å². The van der Waals surface area contributed by atoms with Gasteiger partial charge in [0.25, 0.3) is 0 Å². The highest BCUT2D eigenvalue weighted by Crippen LogP contribution is 2.60. The zero-order valence-corrected chi connectivity index (χ0v) is 21.4. The topological polar surface area (TPSA) is 144 Å². The maximum Gasteiger partial charge on any atom is 0.405 e. The van der Waals surface area contributed by atoms with Crippen LogP contribution in [-0.4, -0.2) is 65.1 Å². The predicted molar refractivity (Wildman–Crippen MR) is 115 cm³/mol. The summed E-state index contributed by atoms with van der Waals surface area (Å²) in [6, 6.07) is -0.809. The van der Waals surface area contributed by atoms with Gasteiger partial charge in [-0.1, -0.05) is 20.8 Å². The Hall–Kier alpha value is -2.15. The van der Waals surface area contributed by atoms with E-state index in [0.717, 1.165) is 4.90 Å². The molecular weight excluding hydrogens is 492 g/mol. The average molecular weight is 524 g/mol. The van der Waals surface area contributed by atoms with Gasteiger partial charge in [0.05, 0.1) is 23.3 Å². The number of halogens is 2. The van der Waals surface area contributed by atoms with Crippen LogP contribution in [0.5, 0.6) is 0 Å². The molecule has 2 aliphatic carbocycles. The summed E-state index contributed by atoms with van der Waals surface area (Å²) in [4.78, 5) is 53.3. The van der Waals surface area contributed by atoms with Crippen LogP contribution >= 0.6 is 0 Å². The molecule has 198 valence electrons. The molecule has 0 aromatic carbocycles. The van der Waals surface area contributed by atoms with Gasteiger partial charge in [-0.05, 0) is 40.0 Å². The minimum Gasteiger partial charge on any atom is -0.459 e. The largest absolute Gasteiger partial charge is 0.459 e. The maximum absolute atomic E-state index is 14.0. The van der Waals surface area contributed by atoms with Crippen molar-refractivity contribution in [1.82, 2.24) is 4.90 Å². The summed E-state index contributed by atoms with van der Waals surface area (Å²) in [6.45, 7) is 10.2. The first kappa shape index (κ1) is 27.4. The van der Waals surface area contributed by atoms with E-state index in [1.807, 2.05) is 0 Å². The maximum atomic E-state index is 14.0. The Morgan fingerprint density at radius 3 is 2.06 bits per heavy atom. The third-order valence-electron chi connectivity index (χ3n) is 6.97. The second-order valence-electron chi connectivity index (χ2n) is 11.6. The van der Waals surface area contributed by atoms with Gasteiger partial charge in [0.15, 0.2) is 6.10 Å². The highest BCUT2D eigenvalue weighted by Gasteiger charge is 2.72. The van der Waals surface area contributed by atoms with Crippen LogP contribution in [0.1, 0.15) is 54.9 Å². The van der Waals surface area contributed by atoms with Gasteiger partial charge in [-0.15, -0.1) is 0 Å². The highest BCUT2D eigenvalue weighted by atomic mass is 32.2. The number of hydrogen-bond acceptors (Lipinski definition) is 8. The van der Waals surface area contributed by atoms with Crippen molar-refractivity contribution in [3.8, 4) is 0 Å². The van der Waals surface area contributed by atoms with E-state index in [2.05, 4.69) is 0 Å². The summed E-state index contributed by atoms with van der Waals surface area (Å²) in [5, 5.41) is -4.78. The smallest absolute Gasteiger partial charge is 0.405 e. The number of carbonyl (C=O) groups is 4. The van der Waals surface area contributed by atoms with Gasteiger partial charge in [-0.25, -0.2) is 0 Å². The Morgan fingerprint density at radius 2 is 1.60 bits per heavy atom. The number of likely N-dealkylation sites (tertiary alicyclic amines) is 1. The normalized spacial score (nSPS) is 31.5. The number of fused-ring (bicyclic) bond motifs is 1. The molecule has 1 N–H and O–H groups in total. The van der Waals surface area contributed by atoms with E-state index in [-0.39, 0.29) is 6.42 Å². The molecule has 1 saturated heterocycles. The van der Waals surface area contributed by atoms with Crippen molar-refractivity contribution < 1.29 is 50.4 Å². The zero-order valence-electron chi connectivity index (χ0n) is 20.6. The molecule has 0 radical (unpaired) electrons. The molecule has 7 atom stereocenters. The minimum atomic E-state index is -5.88. The lowest BCUT2D eigenvalue weighted by atomic mass is 9.78. The number of hydrogen-bond donors (Lipinski definition) is 1. The van der Waals surface area contributed by atoms with Gasteiger partial charge in [0.2, 0.25) is 11.8 Å². The molecule has 2 amide bonds. The molecule has 0 aromatic rings. The SMILES string of the molecule is CC(OC(=O)C1C2CC3C1C(=O)N(C(=O)C(C)(C)C)C3C2OC(=O)C(C)(C)C)C(F)(F)S(=O)(=O)O. The number of ether oxygens (including phenoxy) is 2. The number of amides is 2. The fraction of sp³-hybridized carbons (Fsp3) is 0.818. The van der Waals surface area contributed by atoms with Gasteiger partial charge >= 0.3 is 27.3 Å². The van der Waals surface area contributed by atoms with Crippen molar-refractivity contribution in [2.75, 3.05) is 0 Å². The number of nitrogens with zero attached hydrogens (tertiary/aromatic N) is 1. The van der Waals surface area contributed by atoms with Crippen LogP contribution in [0.25, 0.3) is 0 Å². The van der Waals surface area contributed by atoms with Gasteiger partial charge in [0, 0.05) is 11.3 Å². The first-order chi connectivity index (χ1) is 15.6. The summed E-state index contributed by atoms with van der Waals surface area (Å²) >= 11 is 0. The van der Waals surface area contributed by atoms with E-state index in [1.54, 1.807) is 41.5 Å². The molecule has 3 fully saturated rings. The minimum absolute atomic E-state index is 0.208. The molecular formula is C22H31F2NO9S. The van der Waals surface area contributed by atoms with Gasteiger partial charge in [-0.3, -0.25) is 28.6 Å². The van der Waals surface area contributed by atoms with E-state index >= 15 is 0 Å². The van der Waals surface area contributed by atoms with Crippen LogP contribution < -0.4 is 0 Å². The molecule has 10 nitrogen and oxygen atoms in total. The molecule has 1 heterocycles. The van der Waals surface area contributed by atoms with Gasteiger partial charge in [-0.2, -0.15) is 17.2 Å². The van der Waals surface area contributed by atoms with Crippen molar-refractivity contribution in [1.29, 1.82) is 0 Å². The third-order valence-corrected chi connectivity index (χ3v) is 7.99. The van der Waals surface area contributed by atoms with Crippen LogP contribution in [0.15, 0.2) is 0 Å². The predicted octanol–water partition coefficient (Wildman–Crippen LogP) is 2.02. The van der Waals surface area contributed by atoms with Crippen molar-refractivity contribution in [3.05, 3.63) is 0 Å². The fourth-order valence-electron chi connectivity index (χ4n) is 5.22.